The van der Waals surface area contributed by atoms with Gasteiger partial charge < -0.3 is 15.7 Å². The largest absolute Gasteiger partial charge is 0.395 e. The third kappa shape index (κ3) is 6.57. The van der Waals surface area contributed by atoms with Crippen LogP contribution in [0.4, 0.5) is 5.82 Å². The Labute approximate surface area is 126 Å². The Morgan fingerprint density at radius 3 is 2.68 bits per heavy atom. The Balaban J connectivity index is 2.40. The van der Waals surface area contributed by atoms with Crippen molar-refractivity contribution < 1.29 is 19.5 Å². The minimum atomic E-state index is -0.974. The van der Waals surface area contributed by atoms with Crippen LogP contribution in [0.2, 0.25) is 0 Å². The summed E-state index contributed by atoms with van der Waals surface area (Å²) in [5.74, 6) is -1.83. The van der Waals surface area contributed by atoms with Crippen LogP contribution in [0.5, 0.6) is 0 Å². The van der Waals surface area contributed by atoms with Crippen LogP contribution in [0.3, 0.4) is 0 Å². The highest BCUT2D eigenvalue weighted by molar-refractivity contribution is 6.35. The second-order valence-corrected chi connectivity index (χ2v) is 4.21. The minimum Gasteiger partial charge on any atom is -0.395 e. The molecule has 0 aliphatic rings. The summed E-state index contributed by atoms with van der Waals surface area (Å²) >= 11 is 0. The third-order valence-corrected chi connectivity index (χ3v) is 2.30. The van der Waals surface area contributed by atoms with Crippen molar-refractivity contribution in [2.75, 3.05) is 18.5 Å². The molecule has 1 aromatic heterocycles. The summed E-state index contributed by atoms with van der Waals surface area (Å²) in [6.45, 7) is 1.24. The predicted octanol–water partition coefficient (Wildman–Crippen LogP) is -0.989. The molecule has 0 unspecified atom stereocenters. The molecule has 1 rings (SSSR count). The van der Waals surface area contributed by atoms with Crippen molar-refractivity contribution in [2.24, 2.45) is 5.10 Å². The van der Waals surface area contributed by atoms with Gasteiger partial charge in [-0.05, 0) is 19.1 Å². The van der Waals surface area contributed by atoms with Crippen molar-refractivity contribution in [3.05, 3.63) is 24.4 Å². The SMILES string of the molecule is C/C(CC(=O)Nc1ccccn1)=N/NC(=O)C(=O)NCCO. The van der Waals surface area contributed by atoms with E-state index in [-0.39, 0.29) is 25.5 Å². The van der Waals surface area contributed by atoms with Gasteiger partial charge in [-0.3, -0.25) is 14.4 Å². The van der Waals surface area contributed by atoms with Gasteiger partial charge in [0.25, 0.3) is 0 Å². The van der Waals surface area contributed by atoms with E-state index in [4.69, 9.17) is 5.11 Å². The predicted molar refractivity (Wildman–Crippen MR) is 78.8 cm³/mol. The first-order valence-corrected chi connectivity index (χ1v) is 6.46. The molecule has 0 saturated heterocycles. The van der Waals surface area contributed by atoms with Gasteiger partial charge in [0.1, 0.15) is 5.82 Å². The fourth-order valence-electron chi connectivity index (χ4n) is 1.34. The molecule has 118 valence electrons. The topological polar surface area (TPSA) is 133 Å². The van der Waals surface area contributed by atoms with E-state index in [9.17, 15) is 14.4 Å². The summed E-state index contributed by atoms with van der Waals surface area (Å²) in [6, 6.07) is 5.09. The molecular weight excluding hydrogens is 290 g/mol. The lowest BCUT2D eigenvalue weighted by Crippen LogP contribution is -2.39. The zero-order valence-corrected chi connectivity index (χ0v) is 12.0. The van der Waals surface area contributed by atoms with E-state index in [1.807, 2.05) is 5.43 Å². The number of nitrogens with one attached hydrogen (secondary N) is 3. The van der Waals surface area contributed by atoms with Gasteiger partial charge in [0.2, 0.25) is 5.91 Å². The zero-order valence-electron chi connectivity index (χ0n) is 12.0. The number of aromatic nitrogens is 1. The van der Waals surface area contributed by atoms with Gasteiger partial charge in [-0.1, -0.05) is 6.07 Å². The average molecular weight is 307 g/mol. The molecule has 0 saturated carbocycles. The lowest BCUT2D eigenvalue weighted by atomic mass is 10.3. The van der Waals surface area contributed by atoms with E-state index in [1.165, 1.54) is 6.92 Å². The van der Waals surface area contributed by atoms with Crippen LogP contribution in [0, 0.1) is 0 Å². The van der Waals surface area contributed by atoms with Crippen LogP contribution in [0.1, 0.15) is 13.3 Å². The van der Waals surface area contributed by atoms with Gasteiger partial charge in [0, 0.05) is 18.5 Å². The van der Waals surface area contributed by atoms with Crippen LogP contribution >= 0.6 is 0 Å². The first-order valence-electron chi connectivity index (χ1n) is 6.46. The summed E-state index contributed by atoms with van der Waals surface area (Å²) in [5, 5.41) is 16.9. The smallest absolute Gasteiger partial charge is 0.329 e. The minimum absolute atomic E-state index is 0.0264. The third-order valence-electron chi connectivity index (χ3n) is 2.30. The number of pyridine rings is 1. The van der Waals surface area contributed by atoms with E-state index >= 15 is 0 Å². The summed E-state index contributed by atoms with van der Waals surface area (Å²) in [4.78, 5) is 38.1. The van der Waals surface area contributed by atoms with Gasteiger partial charge in [-0.2, -0.15) is 5.10 Å². The number of carbonyl (C=O) groups is 3. The van der Waals surface area contributed by atoms with Crippen LogP contribution < -0.4 is 16.1 Å². The molecule has 0 radical (unpaired) electrons. The molecule has 0 aromatic carbocycles. The maximum Gasteiger partial charge on any atom is 0.329 e. The van der Waals surface area contributed by atoms with Crippen molar-refractivity contribution in [1.82, 2.24) is 15.7 Å². The normalized spacial score (nSPS) is 10.7. The van der Waals surface area contributed by atoms with E-state index in [1.54, 1.807) is 24.4 Å². The quantitative estimate of drug-likeness (QED) is 0.304. The number of nitrogens with zero attached hydrogens (tertiary/aromatic N) is 2. The van der Waals surface area contributed by atoms with Gasteiger partial charge >= 0.3 is 11.8 Å². The van der Waals surface area contributed by atoms with Gasteiger partial charge in [-0.25, -0.2) is 10.4 Å². The molecule has 1 heterocycles. The maximum absolute atomic E-state index is 11.7. The molecule has 0 spiro atoms. The summed E-state index contributed by atoms with van der Waals surface area (Å²) in [7, 11) is 0. The number of aliphatic hydroxyl groups is 1. The number of rotatable bonds is 6. The number of anilines is 1. The number of carbonyl (C=O) groups excluding carboxylic acids is 3. The molecule has 4 N–H and O–H groups in total. The second kappa shape index (κ2) is 9.19. The first-order chi connectivity index (χ1) is 10.5. The van der Waals surface area contributed by atoms with Crippen LogP contribution in [-0.2, 0) is 14.4 Å². The second-order valence-electron chi connectivity index (χ2n) is 4.21. The molecule has 22 heavy (non-hydrogen) atoms. The van der Waals surface area contributed by atoms with Crippen LogP contribution in [0.25, 0.3) is 0 Å². The standard InChI is InChI=1S/C13H17N5O4/c1-9(17-18-13(22)12(21)15-6-7-19)8-11(20)16-10-4-2-3-5-14-10/h2-5,19H,6-8H2,1H3,(H,15,21)(H,18,22)(H,14,16,20)/b17-9-. The number of amides is 3. The number of hydrazone groups is 1. The van der Waals surface area contributed by atoms with E-state index < -0.39 is 11.8 Å². The van der Waals surface area contributed by atoms with Crippen molar-refractivity contribution in [2.45, 2.75) is 13.3 Å². The Bertz CT molecular complexity index is 559. The number of hydrogen-bond donors (Lipinski definition) is 4. The van der Waals surface area contributed by atoms with Crippen molar-refractivity contribution in [3.8, 4) is 0 Å². The molecule has 9 nitrogen and oxygen atoms in total. The number of hydrogen-bond acceptors (Lipinski definition) is 6. The molecule has 1 aromatic rings. The molecule has 3 amide bonds. The highest BCUT2D eigenvalue weighted by atomic mass is 16.3. The molecule has 0 fully saturated rings. The Morgan fingerprint density at radius 1 is 1.27 bits per heavy atom. The molecular formula is C13H17N5O4. The van der Waals surface area contributed by atoms with E-state index in [0.29, 0.717) is 11.5 Å². The molecule has 9 heteroatoms. The fourth-order valence-corrected chi connectivity index (χ4v) is 1.34. The fraction of sp³-hybridized carbons (Fsp3) is 0.308. The van der Waals surface area contributed by atoms with Crippen molar-refractivity contribution >= 4 is 29.3 Å². The summed E-state index contributed by atoms with van der Waals surface area (Å²) < 4.78 is 0. The van der Waals surface area contributed by atoms with Crippen molar-refractivity contribution in [1.29, 1.82) is 0 Å². The van der Waals surface area contributed by atoms with Gasteiger partial charge in [0.05, 0.1) is 13.0 Å². The lowest BCUT2D eigenvalue weighted by molar-refractivity contribution is -0.139. The van der Waals surface area contributed by atoms with Crippen molar-refractivity contribution in [3.63, 3.8) is 0 Å². The van der Waals surface area contributed by atoms with Crippen LogP contribution in [0.15, 0.2) is 29.5 Å². The first kappa shape index (κ1) is 17.2. The number of aliphatic hydroxyl groups excluding tert-OH is 1. The summed E-state index contributed by atoms with van der Waals surface area (Å²) in [6.07, 6.45) is 1.48. The van der Waals surface area contributed by atoms with Gasteiger partial charge in [-0.15, -0.1) is 0 Å². The van der Waals surface area contributed by atoms with Gasteiger partial charge in [0.15, 0.2) is 0 Å². The molecule has 0 atom stereocenters. The Morgan fingerprint density at radius 2 is 2.05 bits per heavy atom. The Hall–Kier alpha value is -2.81. The highest BCUT2D eigenvalue weighted by Gasteiger charge is 2.12. The van der Waals surface area contributed by atoms with E-state index in [0.717, 1.165) is 0 Å². The van der Waals surface area contributed by atoms with E-state index in [2.05, 4.69) is 20.7 Å². The Kier molecular flexibility index (Phi) is 7.20. The zero-order chi connectivity index (χ0) is 16.4. The summed E-state index contributed by atoms with van der Waals surface area (Å²) in [5.41, 5.74) is 2.34. The highest BCUT2D eigenvalue weighted by Crippen LogP contribution is 2.00. The molecule has 0 aliphatic heterocycles. The maximum atomic E-state index is 11.7. The average Bonchev–Trinajstić information content (AvgIpc) is 2.51. The monoisotopic (exact) mass is 307 g/mol. The van der Waals surface area contributed by atoms with Crippen LogP contribution in [-0.4, -0.2) is 46.7 Å². The molecule has 0 aliphatic carbocycles. The lowest BCUT2D eigenvalue weighted by Gasteiger charge is -2.04. The molecule has 0 bridgehead atoms.